The summed E-state index contributed by atoms with van der Waals surface area (Å²) in [6.07, 6.45) is 6.34. The first-order chi connectivity index (χ1) is 6.38. The molecule has 1 aliphatic heterocycles. The van der Waals surface area contributed by atoms with Crippen LogP contribution in [-0.2, 0) is 0 Å². The molecule has 1 aliphatic rings. The fraction of sp³-hybridized carbons (Fsp3) is 0.500. The van der Waals surface area contributed by atoms with Crippen LogP contribution in [0.4, 0.5) is 4.39 Å². The molecule has 0 spiro atoms. The highest BCUT2D eigenvalue weighted by molar-refractivity contribution is 5.17. The molecule has 0 radical (unpaired) electrons. The summed E-state index contributed by atoms with van der Waals surface area (Å²) in [6, 6.07) is 1.95. The van der Waals surface area contributed by atoms with Crippen molar-refractivity contribution in [2.45, 2.75) is 25.3 Å². The molecule has 1 aromatic rings. The first kappa shape index (κ1) is 8.63. The molecule has 13 heavy (non-hydrogen) atoms. The van der Waals surface area contributed by atoms with E-state index in [4.69, 9.17) is 0 Å². The molecule has 0 aliphatic carbocycles. The minimum atomic E-state index is -0.193. The van der Waals surface area contributed by atoms with Gasteiger partial charge in [0.25, 0.3) is 0 Å². The van der Waals surface area contributed by atoms with Crippen molar-refractivity contribution in [2.75, 3.05) is 6.54 Å². The van der Waals surface area contributed by atoms with Crippen LogP contribution in [0, 0.1) is 5.82 Å². The smallest absolute Gasteiger partial charge is 0.146 e. The van der Waals surface area contributed by atoms with E-state index in [9.17, 15) is 4.39 Å². The van der Waals surface area contributed by atoms with E-state index < -0.39 is 0 Å². The van der Waals surface area contributed by atoms with Crippen LogP contribution in [0.5, 0.6) is 0 Å². The molecule has 0 aromatic carbocycles. The monoisotopic (exact) mass is 180 g/mol. The molecule has 0 amide bonds. The molecule has 0 bridgehead atoms. The van der Waals surface area contributed by atoms with Crippen LogP contribution in [0.3, 0.4) is 0 Å². The van der Waals surface area contributed by atoms with Gasteiger partial charge in [-0.15, -0.1) is 0 Å². The van der Waals surface area contributed by atoms with Gasteiger partial charge < -0.3 is 5.32 Å². The van der Waals surface area contributed by atoms with Gasteiger partial charge >= 0.3 is 0 Å². The Balaban J connectivity index is 2.18. The van der Waals surface area contributed by atoms with E-state index in [-0.39, 0.29) is 11.9 Å². The standard InChI is InChI=1S/C10H13FN2/c11-9-7-12-6-4-8(9)10-3-1-2-5-13-10/h4,6-7,10,13H,1-3,5H2/t10-/m1/s1. The quantitative estimate of drug-likeness (QED) is 0.715. The number of piperidine rings is 1. The zero-order valence-electron chi connectivity index (χ0n) is 7.46. The highest BCUT2D eigenvalue weighted by atomic mass is 19.1. The third-order valence-corrected chi connectivity index (χ3v) is 2.49. The summed E-state index contributed by atoms with van der Waals surface area (Å²) in [5, 5.41) is 3.31. The van der Waals surface area contributed by atoms with E-state index in [0.717, 1.165) is 18.5 Å². The molecule has 1 atom stereocenters. The first-order valence-electron chi connectivity index (χ1n) is 4.71. The Morgan fingerprint density at radius 1 is 1.46 bits per heavy atom. The van der Waals surface area contributed by atoms with Crippen LogP contribution >= 0.6 is 0 Å². The Morgan fingerprint density at radius 3 is 3.08 bits per heavy atom. The van der Waals surface area contributed by atoms with E-state index in [0.29, 0.717) is 0 Å². The largest absolute Gasteiger partial charge is 0.310 e. The van der Waals surface area contributed by atoms with Gasteiger partial charge in [0.05, 0.1) is 6.20 Å². The van der Waals surface area contributed by atoms with Crippen molar-refractivity contribution in [3.8, 4) is 0 Å². The van der Waals surface area contributed by atoms with E-state index in [2.05, 4.69) is 10.3 Å². The second-order valence-electron chi connectivity index (χ2n) is 3.40. The van der Waals surface area contributed by atoms with Crippen molar-refractivity contribution in [2.24, 2.45) is 0 Å². The Morgan fingerprint density at radius 2 is 2.38 bits per heavy atom. The Labute approximate surface area is 77.2 Å². The topological polar surface area (TPSA) is 24.9 Å². The van der Waals surface area contributed by atoms with Gasteiger partial charge in [0.1, 0.15) is 5.82 Å². The van der Waals surface area contributed by atoms with Gasteiger partial charge in [-0.2, -0.15) is 0 Å². The lowest BCUT2D eigenvalue weighted by Crippen LogP contribution is -2.27. The van der Waals surface area contributed by atoms with Crippen LogP contribution in [0.1, 0.15) is 30.9 Å². The van der Waals surface area contributed by atoms with Crippen LogP contribution in [0.25, 0.3) is 0 Å². The lowest BCUT2D eigenvalue weighted by atomic mass is 9.98. The summed E-state index contributed by atoms with van der Waals surface area (Å²) < 4.78 is 13.3. The Bertz CT molecular complexity index is 282. The highest BCUT2D eigenvalue weighted by Crippen LogP contribution is 2.23. The molecule has 0 saturated carbocycles. The average Bonchev–Trinajstić information content (AvgIpc) is 2.20. The summed E-state index contributed by atoms with van der Waals surface area (Å²) in [7, 11) is 0. The average molecular weight is 180 g/mol. The SMILES string of the molecule is Fc1cnccc1[C@H]1CCCCN1. The second-order valence-corrected chi connectivity index (χ2v) is 3.40. The van der Waals surface area contributed by atoms with Crippen LogP contribution in [-0.4, -0.2) is 11.5 Å². The van der Waals surface area contributed by atoms with Gasteiger partial charge in [-0.05, 0) is 25.5 Å². The number of pyridine rings is 1. The number of hydrogen-bond acceptors (Lipinski definition) is 2. The van der Waals surface area contributed by atoms with Gasteiger partial charge in [-0.1, -0.05) is 6.42 Å². The van der Waals surface area contributed by atoms with Crippen molar-refractivity contribution in [3.05, 3.63) is 29.8 Å². The number of aromatic nitrogens is 1. The molecule has 1 N–H and O–H groups in total. The van der Waals surface area contributed by atoms with E-state index in [1.807, 2.05) is 0 Å². The number of hydrogen-bond donors (Lipinski definition) is 1. The van der Waals surface area contributed by atoms with Crippen molar-refractivity contribution in [1.82, 2.24) is 10.3 Å². The van der Waals surface area contributed by atoms with Crippen molar-refractivity contribution < 1.29 is 4.39 Å². The van der Waals surface area contributed by atoms with Crippen LogP contribution < -0.4 is 5.32 Å². The van der Waals surface area contributed by atoms with E-state index in [1.165, 1.54) is 19.0 Å². The zero-order valence-corrected chi connectivity index (χ0v) is 7.46. The maximum Gasteiger partial charge on any atom is 0.146 e. The summed E-state index contributed by atoms with van der Waals surface area (Å²) in [5.41, 5.74) is 0.759. The molecular weight excluding hydrogens is 167 g/mol. The molecule has 70 valence electrons. The molecule has 0 unspecified atom stereocenters. The summed E-state index contributed by atoms with van der Waals surface area (Å²) in [6.45, 7) is 0.992. The molecule has 1 aromatic heterocycles. The first-order valence-corrected chi connectivity index (χ1v) is 4.71. The molecular formula is C10H13FN2. The fourth-order valence-corrected chi connectivity index (χ4v) is 1.79. The van der Waals surface area contributed by atoms with Gasteiger partial charge in [0, 0.05) is 17.8 Å². The predicted octanol–water partition coefficient (Wildman–Crippen LogP) is 2.04. The Hall–Kier alpha value is -0.960. The summed E-state index contributed by atoms with van der Waals surface area (Å²) >= 11 is 0. The van der Waals surface area contributed by atoms with Crippen LogP contribution in [0.2, 0.25) is 0 Å². The van der Waals surface area contributed by atoms with E-state index >= 15 is 0 Å². The normalized spacial score (nSPS) is 23.0. The van der Waals surface area contributed by atoms with Crippen molar-refractivity contribution in [3.63, 3.8) is 0 Å². The zero-order chi connectivity index (χ0) is 9.10. The van der Waals surface area contributed by atoms with Gasteiger partial charge in [-0.3, -0.25) is 4.98 Å². The van der Waals surface area contributed by atoms with Crippen LogP contribution in [0.15, 0.2) is 18.5 Å². The molecule has 1 saturated heterocycles. The predicted molar refractivity (Wildman–Crippen MR) is 48.8 cm³/mol. The van der Waals surface area contributed by atoms with Gasteiger partial charge in [-0.25, -0.2) is 4.39 Å². The van der Waals surface area contributed by atoms with Gasteiger partial charge in [0.15, 0.2) is 0 Å². The lowest BCUT2D eigenvalue weighted by molar-refractivity contribution is 0.399. The lowest BCUT2D eigenvalue weighted by Gasteiger charge is -2.23. The molecule has 2 nitrogen and oxygen atoms in total. The molecule has 3 heteroatoms. The molecule has 2 heterocycles. The number of nitrogens with one attached hydrogen (secondary N) is 1. The Kier molecular flexibility index (Phi) is 2.54. The van der Waals surface area contributed by atoms with Gasteiger partial charge in [0.2, 0.25) is 0 Å². The van der Waals surface area contributed by atoms with Crippen molar-refractivity contribution in [1.29, 1.82) is 0 Å². The maximum atomic E-state index is 13.3. The molecule has 1 fully saturated rings. The third kappa shape index (κ3) is 1.86. The maximum absolute atomic E-state index is 13.3. The summed E-state index contributed by atoms with van der Waals surface area (Å²) in [4.78, 5) is 3.74. The number of nitrogens with zero attached hydrogens (tertiary/aromatic N) is 1. The number of rotatable bonds is 1. The molecule has 2 rings (SSSR count). The minimum absolute atomic E-state index is 0.191. The van der Waals surface area contributed by atoms with E-state index in [1.54, 1.807) is 12.3 Å². The number of halogens is 1. The third-order valence-electron chi connectivity index (χ3n) is 2.49. The minimum Gasteiger partial charge on any atom is -0.310 e. The second kappa shape index (κ2) is 3.83. The highest BCUT2D eigenvalue weighted by Gasteiger charge is 2.17. The fourth-order valence-electron chi connectivity index (χ4n) is 1.79. The summed E-state index contributed by atoms with van der Waals surface area (Å²) in [5.74, 6) is -0.193. The van der Waals surface area contributed by atoms with Crippen molar-refractivity contribution >= 4 is 0 Å².